The summed E-state index contributed by atoms with van der Waals surface area (Å²) in [5, 5.41) is 2.41. The molecule has 0 radical (unpaired) electrons. The van der Waals surface area contributed by atoms with Crippen molar-refractivity contribution < 1.29 is 30.6 Å². The van der Waals surface area contributed by atoms with Crippen LogP contribution in [0.3, 0.4) is 0 Å². The Bertz CT molecular complexity index is 4080. The second-order valence-corrected chi connectivity index (χ2v) is 29.5. The van der Waals surface area contributed by atoms with Crippen molar-refractivity contribution in [1.29, 1.82) is 0 Å². The van der Waals surface area contributed by atoms with E-state index in [-0.39, 0.29) is 76.7 Å². The Labute approximate surface area is 499 Å². The lowest BCUT2D eigenvalue weighted by Gasteiger charge is -2.27. The smallest absolute Gasteiger partial charge is 0.489 e. The van der Waals surface area contributed by atoms with E-state index in [0.29, 0.717) is 113 Å². The third-order valence-corrected chi connectivity index (χ3v) is 20.8. The minimum absolute atomic E-state index is 0.0237. The number of aromatic nitrogens is 2. The fraction of sp³-hybridized carbons (Fsp3) is 0.433. The first-order chi connectivity index (χ1) is 39.9. The minimum atomic E-state index is -4.65. The van der Waals surface area contributed by atoms with Crippen molar-refractivity contribution in [2.24, 2.45) is 77.3 Å². The Morgan fingerprint density at radius 2 is 0.786 bits per heavy atom. The zero-order chi connectivity index (χ0) is 60.0. The molecule has 0 spiro atoms. The highest BCUT2D eigenvalue weighted by Crippen LogP contribution is 2.48. The van der Waals surface area contributed by atoms with Crippen LogP contribution in [-0.4, -0.2) is 78.2 Å². The van der Waals surface area contributed by atoms with E-state index in [0.717, 1.165) is 5.56 Å². The van der Waals surface area contributed by atoms with Crippen LogP contribution in [0.5, 0.6) is 23.0 Å². The van der Waals surface area contributed by atoms with E-state index in [1.807, 2.05) is 86.8 Å². The molecule has 6 heterocycles. The molecule has 0 N–H and O–H groups in total. The highest BCUT2D eigenvalue weighted by Gasteiger charge is 2.47. The molecule has 0 aliphatic carbocycles. The van der Waals surface area contributed by atoms with Gasteiger partial charge in [0.15, 0.2) is 23.3 Å². The lowest BCUT2D eigenvalue weighted by atomic mass is 9.96. The van der Waals surface area contributed by atoms with Gasteiger partial charge in [0.25, 0.3) is 10.1 Å². The van der Waals surface area contributed by atoms with Crippen molar-refractivity contribution in [1.82, 2.24) is 7.10 Å². The van der Waals surface area contributed by atoms with E-state index >= 15 is 8.42 Å². The molecular formula is C67H79AlN8O7S. The molecule has 4 aliphatic heterocycles. The lowest BCUT2D eigenvalue weighted by molar-refractivity contribution is 0.105. The molecule has 2 aromatic heterocycles. The van der Waals surface area contributed by atoms with E-state index in [9.17, 15) is 0 Å². The normalized spacial score (nSPS) is 14.7. The zero-order valence-corrected chi connectivity index (χ0v) is 53.6. The summed E-state index contributed by atoms with van der Waals surface area (Å²) in [7, 11) is -4.65. The number of hydrogen-bond acceptors (Lipinski definition) is 13. The van der Waals surface area contributed by atoms with E-state index in [1.54, 1.807) is 24.3 Å². The van der Waals surface area contributed by atoms with Crippen LogP contribution in [0.25, 0.3) is 21.5 Å². The van der Waals surface area contributed by atoms with Gasteiger partial charge in [0.1, 0.15) is 70.0 Å². The van der Waals surface area contributed by atoms with Gasteiger partial charge in [-0.25, -0.2) is 30.0 Å². The Kier molecular flexibility index (Phi) is 16.0. The fourth-order valence-electron chi connectivity index (χ4n) is 12.7. The van der Waals surface area contributed by atoms with Gasteiger partial charge in [-0.05, 0) is 90.7 Å². The second kappa shape index (κ2) is 22.8. The molecule has 0 unspecified atom stereocenters. The molecule has 438 valence electrons. The summed E-state index contributed by atoms with van der Waals surface area (Å²) in [5.74, 6) is 5.34. The van der Waals surface area contributed by atoms with Crippen LogP contribution in [0.4, 0.5) is 11.6 Å². The molecule has 84 heavy (non-hydrogen) atoms. The number of amidine groups is 4. The van der Waals surface area contributed by atoms with E-state index in [4.69, 9.17) is 52.1 Å². The van der Waals surface area contributed by atoms with Crippen LogP contribution >= 0.6 is 0 Å². The van der Waals surface area contributed by atoms with Crippen molar-refractivity contribution in [2.45, 2.75) is 147 Å². The van der Waals surface area contributed by atoms with Crippen LogP contribution in [0.2, 0.25) is 0 Å². The number of hydrogen-bond donors (Lipinski definition) is 0. The van der Waals surface area contributed by atoms with E-state index in [2.05, 4.69) is 111 Å². The Hall–Kier alpha value is -6.90. The Balaban J connectivity index is 1.38. The number of aliphatic imine (C=N–C) groups is 4. The summed E-state index contributed by atoms with van der Waals surface area (Å²) in [6.45, 7) is 36.5. The first-order valence-corrected chi connectivity index (χ1v) is 32.9. The summed E-state index contributed by atoms with van der Waals surface area (Å²) in [6, 6.07) is 30.3. The molecular weight excluding hydrogens is 1090 g/mol. The van der Waals surface area contributed by atoms with Gasteiger partial charge < -0.3 is 29.3 Å². The minimum Gasteiger partial charge on any atom is -0.489 e. The van der Waals surface area contributed by atoms with Gasteiger partial charge in [-0.1, -0.05) is 177 Å². The molecule has 0 amide bonds. The molecule has 4 aliphatic rings. The van der Waals surface area contributed by atoms with Gasteiger partial charge in [0.2, 0.25) is 0 Å². The number of aryl methyl sites for hydroxylation is 1. The predicted molar refractivity (Wildman–Crippen MR) is 337 cm³/mol. The summed E-state index contributed by atoms with van der Waals surface area (Å²) in [6.07, 6.45) is -0.801. The maximum atomic E-state index is 15.7. The lowest BCUT2D eigenvalue weighted by Crippen LogP contribution is -2.49. The van der Waals surface area contributed by atoms with Crippen LogP contribution in [0.15, 0.2) is 132 Å². The first kappa shape index (κ1) is 58.9. The standard InChI is InChI=1S/C60H72N8O4.C7H8O3S.Al/c1-29(2)49(30(3)4)69-41-25-17-21-37-45(41)57-61-53(37)66-58-47-39(23-19-27-43(47)71-51(33(9)10)34(11)12)55(63-58)68-60-48-40(24-20-28-44(48)72-52(35(13)14)36(15)16)56(64-60)67-59-46-38(54(62-59)65-57)22-18-26-42(46)70-50(31(5)6)32(7)8;1-6-2-4-7(5-3-6)11(8,9)10;/h17-36,49-52H,1-16H3;2-5H,1H3,(H,8,9,10);/q-2;;+3/p-1. The second-order valence-electron chi connectivity index (χ2n) is 25.7. The van der Waals surface area contributed by atoms with Crippen LogP contribution in [-0.2, 0) is 13.4 Å². The number of rotatable bonds is 19. The Morgan fingerprint density at radius 1 is 0.393 bits per heavy atom. The molecule has 0 fully saturated rings. The molecule has 7 aromatic rings. The van der Waals surface area contributed by atoms with Crippen molar-refractivity contribution in [3.63, 3.8) is 0 Å². The average Bonchev–Trinajstić information content (AvgIpc) is 1.63. The van der Waals surface area contributed by atoms with Gasteiger partial charge >= 0.3 is 14.9 Å². The molecule has 17 heteroatoms. The predicted octanol–water partition coefficient (Wildman–Crippen LogP) is 13.9. The molecule has 11 rings (SSSR count). The first-order valence-electron chi connectivity index (χ1n) is 30.0. The van der Waals surface area contributed by atoms with Gasteiger partial charge in [0.05, 0.1) is 26.8 Å². The summed E-state index contributed by atoms with van der Waals surface area (Å²) < 4.78 is 71.1. The summed E-state index contributed by atoms with van der Waals surface area (Å²) >= 11 is -4.10. The van der Waals surface area contributed by atoms with Crippen molar-refractivity contribution in [2.75, 3.05) is 0 Å². The highest BCUT2D eigenvalue weighted by atomic mass is 32.2. The number of nitrogens with zero attached hydrogens (tertiary/aromatic N) is 8. The van der Waals surface area contributed by atoms with E-state index < -0.39 is 25.0 Å². The SMILES string of the molecule is Cc1ccc(S(=O)(=O)[O][Al]2[n]3c4c5cccc(OC(C(C)C)C(C)C)c5c3N=C3N=C(N=c5c6cccc(OC(C(C)C)C(C)C)c6c([n]52)=NC2=NC(=N4)c4c(OC(C(C)C)C(C)C)cccc42)c2c(OC(C(C)C)C(C)C)cccc23)cc1. The fourth-order valence-corrected chi connectivity index (χ4v) is 17.1. The molecule has 0 saturated heterocycles. The Morgan fingerprint density at radius 3 is 1.29 bits per heavy atom. The number of ether oxygens (including phenoxy) is 4. The maximum Gasteiger partial charge on any atom is 0.825 e. The van der Waals surface area contributed by atoms with Gasteiger partial charge in [-0.3, -0.25) is 0 Å². The summed E-state index contributed by atoms with van der Waals surface area (Å²) in [5.41, 5.74) is 4.21. The maximum absolute atomic E-state index is 15.7. The molecule has 0 saturated carbocycles. The van der Waals surface area contributed by atoms with Crippen LogP contribution < -0.4 is 29.9 Å². The van der Waals surface area contributed by atoms with Crippen LogP contribution in [0.1, 0.15) is 139 Å². The third kappa shape index (κ3) is 10.5. The van der Waals surface area contributed by atoms with Gasteiger partial charge in [-0.15, -0.1) is 0 Å². The van der Waals surface area contributed by atoms with Crippen molar-refractivity contribution in [3.05, 3.63) is 136 Å². The third-order valence-electron chi connectivity index (χ3n) is 16.4. The number of benzene rings is 5. The van der Waals surface area contributed by atoms with Crippen LogP contribution in [0, 0.1) is 54.3 Å². The van der Waals surface area contributed by atoms with Gasteiger partial charge in [0, 0.05) is 21.9 Å². The van der Waals surface area contributed by atoms with Crippen molar-refractivity contribution >= 4 is 81.6 Å². The molecule has 0 atom stereocenters. The highest BCUT2D eigenvalue weighted by molar-refractivity contribution is 7.87. The average molecular weight is 1170 g/mol. The summed E-state index contributed by atoms with van der Waals surface area (Å²) in [4.78, 5) is 33.6. The topological polar surface area (TPSA) is 164 Å². The van der Waals surface area contributed by atoms with Gasteiger partial charge in [-0.2, -0.15) is 8.42 Å². The van der Waals surface area contributed by atoms with E-state index in [1.165, 1.54) is 0 Å². The van der Waals surface area contributed by atoms with Crippen molar-refractivity contribution in [3.8, 4) is 23.0 Å². The molecule has 6 bridgehead atoms. The molecule has 5 aromatic carbocycles. The zero-order valence-electron chi connectivity index (χ0n) is 51.6. The monoisotopic (exact) mass is 1170 g/mol. The largest absolute Gasteiger partial charge is 0.825 e. The quantitative estimate of drug-likeness (QED) is 0.0727. The molecule has 15 nitrogen and oxygen atoms in total. The number of fused-ring (bicyclic) bond motifs is 14.